The van der Waals surface area contributed by atoms with Crippen molar-refractivity contribution < 1.29 is 4.74 Å². The third kappa shape index (κ3) is 3.30. The molecule has 2 aromatic rings. The molecule has 2 rings (SSSR count). The Morgan fingerprint density at radius 3 is 2.50 bits per heavy atom. The Balaban J connectivity index is 2.06. The average Bonchev–Trinajstić information content (AvgIpc) is 2.45. The number of benzene rings is 2. The fraction of sp³-hybridized carbons (Fsp3) is 0.133. The monoisotopic (exact) mass is 238 g/mol. The van der Waals surface area contributed by atoms with Crippen molar-refractivity contribution in [2.45, 2.75) is 6.54 Å². The maximum Gasteiger partial charge on any atom is 0.145 e. The molecule has 0 amide bonds. The molecular formula is C15H14N2O. The van der Waals surface area contributed by atoms with Crippen molar-refractivity contribution in [1.29, 1.82) is 0 Å². The summed E-state index contributed by atoms with van der Waals surface area (Å²) < 4.78 is 5.19. The van der Waals surface area contributed by atoms with Gasteiger partial charge in [-0.25, -0.2) is 4.99 Å². The van der Waals surface area contributed by atoms with Gasteiger partial charge < -0.3 is 4.74 Å². The second kappa shape index (κ2) is 6.38. The van der Waals surface area contributed by atoms with Crippen LogP contribution in [0.3, 0.4) is 0 Å². The number of hydrogen-bond donors (Lipinski definition) is 0. The predicted molar refractivity (Wildman–Crippen MR) is 72.7 cm³/mol. The molecule has 0 radical (unpaired) electrons. The van der Waals surface area contributed by atoms with E-state index in [1.807, 2.05) is 54.6 Å². The van der Waals surface area contributed by atoms with Crippen molar-refractivity contribution in [3.05, 3.63) is 60.2 Å². The second-order valence-corrected chi connectivity index (χ2v) is 3.69. The standard InChI is InChI=1S/C15H14N2O/c1-18-15-10-6-5-9-14(15)17-12-16-11-13-7-3-2-4-8-13/h2-10H,11H2,1H3. The highest BCUT2D eigenvalue weighted by Crippen LogP contribution is 2.25. The maximum atomic E-state index is 5.19. The van der Waals surface area contributed by atoms with Crippen LogP contribution in [0.2, 0.25) is 0 Å². The van der Waals surface area contributed by atoms with Crippen molar-refractivity contribution in [3.8, 4) is 5.75 Å². The molecule has 0 atom stereocenters. The molecule has 0 fully saturated rings. The summed E-state index contributed by atoms with van der Waals surface area (Å²) in [4.78, 5) is 8.29. The van der Waals surface area contributed by atoms with Crippen LogP contribution < -0.4 is 4.74 Å². The summed E-state index contributed by atoms with van der Waals surface area (Å²) in [6, 6.07) is 20.2. The van der Waals surface area contributed by atoms with Gasteiger partial charge in [0.2, 0.25) is 0 Å². The van der Waals surface area contributed by atoms with E-state index < -0.39 is 0 Å². The Labute approximate surface area is 106 Å². The number of rotatable bonds is 4. The van der Waals surface area contributed by atoms with Crippen LogP contribution in [0.4, 0.5) is 5.69 Å². The Morgan fingerprint density at radius 1 is 1.00 bits per heavy atom. The Bertz CT molecular complexity index is 558. The van der Waals surface area contributed by atoms with Gasteiger partial charge >= 0.3 is 0 Å². The number of para-hydroxylation sites is 2. The van der Waals surface area contributed by atoms with Crippen molar-refractivity contribution in [3.63, 3.8) is 0 Å². The van der Waals surface area contributed by atoms with E-state index in [1.54, 1.807) is 7.11 Å². The van der Waals surface area contributed by atoms with Gasteiger partial charge in [0.15, 0.2) is 0 Å². The van der Waals surface area contributed by atoms with Crippen LogP contribution in [0.5, 0.6) is 5.75 Å². The topological polar surface area (TPSA) is 34.0 Å². The summed E-state index contributed by atoms with van der Waals surface area (Å²) in [6.45, 7) is 0.583. The highest BCUT2D eigenvalue weighted by Gasteiger charge is 1.96. The van der Waals surface area contributed by atoms with Crippen LogP contribution >= 0.6 is 0 Å². The van der Waals surface area contributed by atoms with Crippen LogP contribution in [0.25, 0.3) is 0 Å². The Kier molecular flexibility index (Phi) is 4.28. The first-order valence-corrected chi connectivity index (χ1v) is 5.69. The zero-order valence-electron chi connectivity index (χ0n) is 10.2. The lowest BCUT2D eigenvalue weighted by Crippen LogP contribution is -1.82. The molecule has 0 N–H and O–H groups in total. The van der Waals surface area contributed by atoms with Gasteiger partial charge in [-0.15, -0.1) is 0 Å². The Hall–Kier alpha value is -2.38. The third-order valence-corrected chi connectivity index (χ3v) is 2.43. The lowest BCUT2D eigenvalue weighted by atomic mass is 10.2. The summed E-state index contributed by atoms with van der Waals surface area (Å²) in [6.07, 6.45) is 0. The number of ether oxygens (including phenoxy) is 1. The number of nitrogens with zero attached hydrogens (tertiary/aromatic N) is 2. The minimum absolute atomic E-state index is 0.583. The van der Waals surface area contributed by atoms with E-state index in [9.17, 15) is 0 Å². The normalized spacial score (nSPS) is 9.39. The lowest BCUT2D eigenvalue weighted by Gasteiger charge is -2.00. The zero-order chi connectivity index (χ0) is 12.6. The van der Waals surface area contributed by atoms with Crippen LogP contribution in [-0.2, 0) is 6.54 Å². The summed E-state index contributed by atoms with van der Waals surface area (Å²) >= 11 is 0. The molecule has 3 nitrogen and oxygen atoms in total. The van der Waals surface area contributed by atoms with Crippen molar-refractivity contribution in [1.82, 2.24) is 0 Å². The summed E-state index contributed by atoms with van der Waals surface area (Å²) in [7, 11) is 1.62. The largest absolute Gasteiger partial charge is 0.494 e. The van der Waals surface area contributed by atoms with Gasteiger partial charge in [-0.3, -0.25) is 0 Å². The van der Waals surface area contributed by atoms with Crippen LogP contribution in [0.1, 0.15) is 5.56 Å². The molecule has 0 aliphatic carbocycles. The first-order valence-electron chi connectivity index (χ1n) is 5.69. The van der Waals surface area contributed by atoms with Gasteiger partial charge in [-0.05, 0) is 17.7 Å². The lowest BCUT2D eigenvalue weighted by molar-refractivity contribution is 0.416. The quantitative estimate of drug-likeness (QED) is 0.748. The van der Waals surface area contributed by atoms with Crippen LogP contribution in [0.15, 0.2) is 64.6 Å². The van der Waals surface area contributed by atoms with E-state index >= 15 is 0 Å². The first-order chi connectivity index (χ1) is 8.90. The van der Waals surface area contributed by atoms with E-state index in [2.05, 4.69) is 16.0 Å². The van der Waals surface area contributed by atoms with E-state index in [0.29, 0.717) is 6.54 Å². The number of aliphatic imine (C=N–C) groups is 2. The van der Waals surface area contributed by atoms with E-state index in [-0.39, 0.29) is 0 Å². The number of hydrogen-bond acceptors (Lipinski definition) is 3. The first kappa shape index (κ1) is 12.1. The predicted octanol–water partition coefficient (Wildman–Crippen LogP) is 3.70. The van der Waals surface area contributed by atoms with Crippen LogP contribution in [0, 0.1) is 0 Å². The summed E-state index contributed by atoms with van der Waals surface area (Å²) in [5.74, 6) is 0.722. The van der Waals surface area contributed by atoms with Crippen molar-refractivity contribution in [2.24, 2.45) is 9.98 Å². The molecular weight excluding hydrogens is 224 g/mol. The highest BCUT2D eigenvalue weighted by molar-refractivity contribution is 5.59. The van der Waals surface area contributed by atoms with Gasteiger partial charge in [-0.1, -0.05) is 42.5 Å². The molecule has 0 heterocycles. The SMILES string of the molecule is COc1ccccc1N=C=NCc1ccccc1. The molecule has 0 saturated carbocycles. The van der Waals surface area contributed by atoms with Gasteiger partial charge in [0.25, 0.3) is 0 Å². The molecule has 0 aliphatic rings. The van der Waals surface area contributed by atoms with E-state index in [1.165, 1.54) is 0 Å². The van der Waals surface area contributed by atoms with Crippen molar-refractivity contribution in [2.75, 3.05) is 7.11 Å². The Morgan fingerprint density at radius 2 is 1.72 bits per heavy atom. The zero-order valence-corrected chi connectivity index (χ0v) is 10.2. The maximum absolute atomic E-state index is 5.19. The molecule has 0 spiro atoms. The molecule has 0 unspecified atom stereocenters. The smallest absolute Gasteiger partial charge is 0.145 e. The van der Waals surface area contributed by atoms with Crippen molar-refractivity contribution >= 4 is 11.7 Å². The molecule has 0 bridgehead atoms. The minimum Gasteiger partial charge on any atom is -0.494 e. The van der Waals surface area contributed by atoms with E-state index in [0.717, 1.165) is 17.0 Å². The fourth-order valence-electron chi connectivity index (χ4n) is 1.52. The highest BCUT2D eigenvalue weighted by atomic mass is 16.5. The van der Waals surface area contributed by atoms with Gasteiger partial charge in [0.05, 0.1) is 19.7 Å². The molecule has 90 valence electrons. The molecule has 3 heteroatoms. The summed E-state index contributed by atoms with van der Waals surface area (Å²) in [5, 5.41) is 0. The number of methoxy groups -OCH3 is 1. The van der Waals surface area contributed by atoms with Crippen LogP contribution in [-0.4, -0.2) is 13.1 Å². The molecule has 0 aromatic heterocycles. The fourth-order valence-corrected chi connectivity index (χ4v) is 1.52. The van der Waals surface area contributed by atoms with Gasteiger partial charge in [-0.2, -0.15) is 4.99 Å². The van der Waals surface area contributed by atoms with Gasteiger partial charge in [0.1, 0.15) is 11.4 Å². The molecule has 0 aliphatic heterocycles. The second-order valence-electron chi connectivity index (χ2n) is 3.69. The third-order valence-electron chi connectivity index (χ3n) is 2.43. The minimum atomic E-state index is 0.583. The van der Waals surface area contributed by atoms with Gasteiger partial charge in [0, 0.05) is 0 Å². The summed E-state index contributed by atoms with van der Waals surface area (Å²) in [5.41, 5.74) is 1.87. The van der Waals surface area contributed by atoms with E-state index in [4.69, 9.17) is 4.74 Å². The molecule has 0 saturated heterocycles. The molecule has 18 heavy (non-hydrogen) atoms. The molecule has 2 aromatic carbocycles. The average molecular weight is 238 g/mol.